The van der Waals surface area contributed by atoms with Crippen LogP contribution in [0.25, 0.3) is 11.1 Å². The first-order valence-corrected chi connectivity index (χ1v) is 12.0. The van der Waals surface area contributed by atoms with Crippen LogP contribution in [0, 0.1) is 5.92 Å². The molecule has 1 aliphatic carbocycles. The van der Waals surface area contributed by atoms with Gasteiger partial charge in [0, 0.05) is 31.7 Å². The summed E-state index contributed by atoms with van der Waals surface area (Å²) in [6.45, 7) is 1.46. The lowest BCUT2D eigenvalue weighted by Crippen LogP contribution is -2.49. The molecule has 1 unspecified atom stereocenters. The highest BCUT2D eigenvalue weighted by molar-refractivity contribution is 7.92. The van der Waals surface area contributed by atoms with Crippen LogP contribution in [0.1, 0.15) is 37.7 Å². The zero-order valence-corrected chi connectivity index (χ0v) is 18.4. The van der Waals surface area contributed by atoms with Crippen LogP contribution in [-0.2, 0) is 21.2 Å². The van der Waals surface area contributed by atoms with Crippen molar-refractivity contribution in [2.45, 2.75) is 43.4 Å². The number of nitrogens with zero attached hydrogens (tertiary/aromatic N) is 1. The fourth-order valence-electron chi connectivity index (χ4n) is 3.90. The van der Waals surface area contributed by atoms with Gasteiger partial charge in [-0.3, -0.25) is 14.8 Å². The Kier molecular flexibility index (Phi) is 6.68. The lowest BCUT2D eigenvalue weighted by Gasteiger charge is -2.34. The molecule has 1 aromatic carbocycles. The van der Waals surface area contributed by atoms with Crippen LogP contribution in [-0.4, -0.2) is 46.8 Å². The summed E-state index contributed by atoms with van der Waals surface area (Å²) in [5, 5.41) is 18.1. The minimum atomic E-state index is -3.83. The molecule has 1 heterocycles. The van der Waals surface area contributed by atoms with E-state index in [2.05, 4.69) is 0 Å². The van der Waals surface area contributed by atoms with Gasteiger partial charge in [-0.05, 0) is 60.8 Å². The van der Waals surface area contributed by atoms with E-state index in [0.717, 1.165) is 30.2 Å². The van der Waals surface area contributed by atoms with Gasteiger partial charge in [-0.1, -0.05) is 24.3 Å². The van der Waals surface area contributed by atoms with Crippen LogP contribution in [0.2, 0.25) is 0 Å². The second-order valence-corrected chi connectivity index (χ2v) is 10.9. The van der Waals surface area contributed by atoms with Gasteiger partial charge in [0.1, 0.15) is 0 Å². The minimum Gasteiger partial charge on any atom is -0.396 e. The number of hydrogen-bond donors (Lipinski definition) is 3. The summed E-state index contributed by atoms with van der Waals surface area (Å²) in [6.07, 6.45) is 4.32. The maximum atomic E-state index is 12.6. The van der Waals surface area contributed by atoms with Gasteiger partial charge in [0.05, 0.1) is 0 Å². The third kappa shape index (κ3) is 4.73. The maximum Gasteiger partial charge on any atom is 0.264 e. The first kappa shape index (κ1) is 23.2. The van der Waals surface area contributed by atoms with Gasteiger partial charge in [-0.15, -0.1) is 0 Å². The van der Waals surface area contributed by atoms with Gasteiger partial charge in [0.15, 0.2) is 14.6 Å². The third-order valence-electron chi connectivity index (χ3n) is 6.44. The molecular weight excluding hydrogens is 420 g/mol. The fraction of sp³-hybridized carbons (Fsp3) is 0.455. The lowest BCUT2D eigenvalue weighted by atomic mass is 9.72. The monoisotopic (exact) mass is 448 g/mol. The number of nitrogens with one attached hydrogen (secondary N) is 1. The number of hydrogen-bond acceptors (Lipinski definition) is 6. The number of pyridine rings is 1. The van der Waals surface area contributed by atoms with Crippen LogP contribution >= 0.6 is 0 Å². The number of carbonyl (C=O) groups excluding carboxylic acids is 1. The number of hydroxylamine groups is 1. The molecule has 1 aliphatic rings. The molecule has 0 aliphatic heterocycles. The van der Waals surface area contributed by atoms with E-state index in [1.54, 1.807) is 12.3 Å². The second kappa shape index (κ2) is 8.94. The number of aliphatic hydroxyl groups excluding tert-OH is 1. The average Bonchev–Trinajstić information content (AvgIpc) is 2.71. The van der Waals surface area contributed by atoms with E-state index in [1.165, 1.54) is 28.6 Å². The summed E-state index contributed by atoms with van der Waals surface area (Å²) >= 11 is 0. The molecule has 8 nitrogen and oxygen atoms in total. The zero-order chi connectivity index (χ0) is 22.8. The Morgan fingerprint density at radius 2 is 1.84 bits per heavy atom. The van der Waals surface area contributed by atoms with Gasteiger partial charge < -0.3 is 9.67 Å². The summed E-state index contributed by atoms with van der Waals surface area (Å²) in [7, 11) is -3.83. The number of sulfone groups is 1. The Bertz CT molecular complexity index is 1100. The summed E-state index contributed by atoms with van der Waals surface area (Å²) in [6, 6.07) is 11.3. The van der Waals surface area contributed by atoms with Gasteiger partial charge >= 0.3 is 0 Å². The fourth-order valence-corrected chi connectivity index (χ4v) is 4.74. The predicted octanol–water partition coefficient (Wildman–Crippen LogP) is 1.70. The van der Waals surface area contributed by atoms with Crippen molar-refractivity contribution in [3.05, 3.63) is 58.5 Å². The molecule has 1 amide bonds. The molecular formula is C22H28N2O6S. The molecule has 2 aromatic rings. The SMILES string of the molecule is CC(CCn1ccc(-c2ccc(C3CC(CO)C3)cc2)cc1=O)(C(=O)NO)S(C)(=O)=O. The van der Waals surface area contributed by atoms with E-state index in [1.807, 2.05) is 24.3 Å². The quantitative estimate of drug-likeness (QED) is 0.417. The number of aromatic nitrogens is 1. The van der Waals surface area contributed by atoms with Crippen LogP contribution in [0.4, 0.5) is 0 Å². The van der Waals surface area contributed by atoms with Crippen LogP contribution < -0.4 is 11.0 Å². The Labute approximate surface area is 181 Å². The minimum absolute atomic E-state index is 0.00272. The number of carbonyl (C=O) groups is 1. The molecule has 31 heavy (non-hydrogen) atoms. The first-order valence-electron chi connectivity index (χ1n) is 10.1. The zero-order valence-electron chi connectivity index (χ0n) is 17.6. The van der Waals surface area contributed by atoms with E-state index < -0.39 is 20.5 Å². The summed E-state index contributed by atoms with van der Waals surface area (Å²) in [4.78, 5) is 24.5. The van der Waals surface area contributed by atoms with Crippen molar-refractivity contribution in [1.29, 1.82) is 0 Å². The predicted molar refractivity (Wildman–Crippen MR) is 116 cm³/mol. The van der Waals surface area contributed by atoms with Gasteiger partial charge in [-0.2, -0.15) is 0 Å². The van der Waals surface area contributed by atoms with Crippen molar-refractivity contribution in [3.63, 3.8) is 0 Å². The Morgan fingerprint density at radius 3 is 2.35 bits per heavy atom. The van der Waals surface area contributed by atoms with E-state index in [-0.39, 0.29) is 25.1 Å². The van der Waals surface area contributed by atoms with Crippen LogP contribution in [0.15, 0.2) is 47.4 Å². The molecule has 0 bridgehead atoms. The van der Waals surface area contributed by atoms with Gasteiger partial charge in [0.2, 0.25) is 0 Å². The van der Waals surface area contributed by atoms with Crippen molar-refractivity contribution in [1.82, 2.24) is 10.0 Å². The first-order chi connectivity index (χ1) is 14.6. The van der Waals surface area contributed by atoms with Crippen molar-refractivity contribution in [3.8, 4) is 11.1 Å². The molecule has 0 saturated heterocycles. The molecule has 1 saturated carbocycles. The lowest BCUT2D eigenvalue weighted by molar-refractivity contribution is -0.131. The standard InChI is InChI=1S/C22H28N2O6S/c1-22(21(27)23-28,31(2,29)30)8-10-24-9-7-18(13-20(24)26)16-3-5-17(6-4-16)19-11-15(12-19)14-25/h3-7,9,13,15,19,25,28H,8,10-12,14H2,1-2H3,(H,23,27). The summed E-state index contributed by atoms with van der Waals surface area (Å²) in [5.41, 5.74) is 3.95. The average molecular weight is 449 g/mol. The molecule has 1 aromatic heterocycles. The molecule has 0 radical (unpaired) electrons. The Morgan fingerprint density at radius 1 is 1.19 bits per heavy atom. The van der Waals surface area contributed by atoms with Crippen molar-refractivity contribution in [2.24, 2.45) is 5.92 Å². The van der Waals surface area contributed by atoms with Crippen molar-refractivity contribution < 1.29 is 23.5 Å². The Balaban J connectivity index is 1.73. The smallest absolute Gasteiger partial charge is 0.264 e. The molecule has 3 rings (SSSR count). The number of aryl methyl sites for hydroxylation is 1. The molecule has 3 N–H and O–H groups in total. The van der Waals surface area contributed by atoms with Crippen LogP contribution in [0.3, 0.4) is 0 Å². The Hall–Kier alpha value is -2.49. The van der Waals surface area contributed by atoms with Crippen molar-refractivity contribution in [2.75, 3.05) is 12.9 Å². The van der Waals surface area contributed by atoms with E-state index in [9.17, 15) is 18.0 Å². The van der Waals surface area contributed by atoms with Crippen LogP contribution in [0.5, 0.6) is 0 Å². The van der Waals surface area contributed by atoms with E-state index >= 15 is 0 Å². The molecule has 1 atom stereocenters. The molecule has 1 fully saturated rings. The number of rotatable bonds is 8. The highest BCUT2D eigenvalue weighted by Crippen LogP contribution is 2.41. The van der Waals surface area contributed by atoms with Gasteiger partial charge in [0.25, 0.3) is 11.5 Å². The topological polar surface area (TPSA) is 126 Å². The van der Waals surface area contributed by atoms with E-state index in [0.29, 0.717) is 11.8 Å². The third-order valence-corrected chi connectivity index (χ3v) is 8.46. The number of aliphatic hydroxyl groups is 1. The second-order valence-electron chi connectivity index (χ2n) is 8.48. The highest BCUT2D eigenvalue weighted by Gasteiger charge is 2.43. The summed E-state index contributed by atoms with van der Waals surface area (Å²) in [5.74, 6) is -0.165. The van der Waals surface area contributed by atoms with E-state index in [4.69, 9.17) is 10.3 Å². The molecule has 0 spiro atoms. The summed E-state index contributed by atoms with van der Waals surface area (Å²) < 4.78 is 23.6. The molecule has 9 heteroatoms. The maximum absolute atomic E-state index is 12.6. The normalized spacial score (nSPS) is 20.5. The molecule has 168 valence electrons. The number of benzene rings is 1. The highest BCUT2D eigenvalue weighted by atomic mass is 32.2. The number of amides is 1. The largest absolute Gasteiger partial charge is 0.396 e. The van der Waals surface area contributed by atoms with Gasteiger partial charge in [-0.25, -0.2) is 13.9 Å². The van der Waals surface area contributed by atoms with Crippen molar-refractivity contribution >= 4 is 15.7 Å².